The molecule has 0 aliphatic carbocycles. The first-order chi connectivity index (χ1) is 10.7. The fourth-order valence-electron chi connectivity index (χ4n) is 2.90. The Morgan fingerprint density at radius 3 is 1.71 bits per heavy atom. The van der Waals surface area contributed by atoms with E-state index in [1.54, 1.807) is 0 Å². The molecule has 0 spiro atoms. The van der Waals surface area contributed by atoms with Gasteiger partial charge in [-0.1, -0.05) is 81.4 Å². The Kier molecular flexibility index (Phi) is 4.14. The Hall–Kier alpha value is -1.42. The molecule has 21 heavy (non-hydrogen) atoms. The van der Waals surface area contributed by atoms with Gasteiger partial charge in [-0.2, -0.15) is 0 Å². The molecule has 0 atom stereocenters. The molecule has 2 aromatic rings. The van der Waals surface area contributed by atoms with E-state index in [0.29, 0.717) is 0 Å². The van der Waals surface area contributed by atoms with Gasteiger partial charge in [0.2, 0.25) is 0 Å². The van der Waals surface area contributed by atoms with Crippen LogP contribution in [-0.2, 0) is 4.43 Å². The highest BCUT2D eigenvalue weighted by molar-refractivity contribution is 6.99. The fourth-order valence-corrected chi connectivity index (χ4v) is 7.34. The average Bonchev–Trinajstić information content (AvgIpc) is 2.47. The molecule has 0 aromatic heterocycles. The highest BCUT2D eigenvalue weighted by Crippen LogP contribution is 2.36. The molecule has 0 fully saturated rings. The lowest BCUT2D eigenvalue weighted by Gasteiger charge is -2.42. The van der Waals surface area contributed by atoms with Crippen molar-refractivity contribution >= 4 is 18.7 Å². The molecule has 0 radical (unpaired) electrons. The molecular weight excluding hydrogens is 276 g/mol. The average molecular weight is 304 g/mol. The van der Waals surface area contributed by atoms with Crippen LogP contribution in [0.15, 0.2) is 60.7 Å². The number of hydrogen-bond donors (Lipinski definition) is 1. The Balaban J connectivity index is 2.65. The van der Waals surface area contributed by atoms with E-state index in [2.05, 4.69) is 20.8 Å². The summed E-state index contributed by atoms with van der Waals surface area (Å²) in [5.74, 6) is 0. The van der Waals surface area contributed by atoms with E-state index < -0.39 is 14.9 Å². The molecule has 0 heterocycles. The van der Waals surface area contributed by atoms with Gasteiger partial charge in [0.25, 0.3) is 8.32 Å². The Morgan fingerprint density at radius 2 is 1.38 bits per heavy atom. The van der Waals surface area contributed by atoms with E-state index in [1.165, 1.54) is 0 Å². The molecule has 1 N–H and O–H groups in total. The topological polar surface area (TPSA) is 29.5 Å². The smallest absolute Gasteiger partial charge is 0.261 e. The molecule has 0 amide bonds. The van der Waals surface area contributed by atoms with Gasteiger partial charge in [0.15, 0.2) is 0 Å². The highest BCUT2D eigenvalue weighted by Gasteiger charge is 2.49. The minimum absolute atomic E-state index is 0.221. The molecule has 0 saturated carbocycles. The van der Waals surface area contributed by atoms with Crippen molar-refractivity contribution in [1.82, 2.24) is 0 Å². The highest BCUT2D eigenvalue weighted by atomic mass is 28.4. The second-order valence-electron chi connectivity index (χ2n) is 6.11. The monoisotopic (exact) mass is 304 g/mol. The third-order valence-electron chi connectivity index (χ3n) is 3.77. The Morgan fingerprint density at radius 1 is 0.952 bits per heavy atom. The van der Waals surface area contributed by atoms with Crippen LogP contribution in [0.3, 0.4) is 0 Å². The maximum absolute atomic E-state index is 9.57. The third kappa shape index (κ3) is 3.10. The lowest BCUT2D eigenvalue weighted by Crippen LogP contribution is -2.66. The van der Waals surface area contributed by atoms with Crippen molar-refractivity contribution < 1.29 is 12.3 Å². The second kappa shape index (κ2) is 6.56. The van der Waals surface area contributed by atoms with Gasteiger partial charge in [-0.3, -0.25) is 0 Å². The SMILES string of the molecule is [3H]C([3H])(O)CO[Si](c1ccccc1)(c1ccccc1)C(C)(C)C. The summed E-state index contributed by atoms with van der Waals surface area (Å²) in [6.45, 7) is 3.65. The zero-order valence-corrected chi connectivity index (χ0v) is 13.8. The van der Waals surface area contributed by atoms with Gasteiger partial charge in [0.1, 0.15) is 0 Å². The summed E-state index contributed by atoms with van der Waals surface area (Å²) in [4.78, 5) is 0. The zero-order chi connectivity index (χ0) is 17.1. The van der Waals surface area contributed by atoms with Gasteiger partial charge in [-0.15, -0.1) is 0 Å². The summed E-state index contributed by atoms with van der Waals surface area (Å²) >= 11 is 0. The van der Waals surface area contributed by atoms with E-state index in [4.69, 9.17) is 7.17 Å². The Labute approximate surface area is 131 Å². The van der Waals surface area contributed by atoms with E-state index >= 15 is 0 Å². The van der Waals surface area contributed by atoms with Crippen LogP contribution in [0.2, 0.25) is 5.04 Å². The first-order valence-corrected chi connectivity index (χ1v) is 9.05. The molecule has 2 nitrogen and oxygen atoms in total. The number of hydrogen-bond acceptors (Lipinski definition) is 2. The molecular formula is C18H24O2Si. The largest absolute Gasteiger partial charge is 0.405 e. The van der Waals surface area contributed by atoms with Crippen LogP contribution in [0.4, 0.5) is 0 Å². The minimum Gasteiger partial charge on any atom is -0.405 e. The Bertz CT molecular complexity index is 579. The van der Waals surface area contributed by atoms with Crippen LogP contribution in [0.25, 0.3) is 0 Å². The summed E-state index contributed by atoms with van der Waals surface area (Å²) in [6, 6.07) is 20.0. The van der Waals surface area contributed by atoms with Gasteiger partial charge in [-0.05, 0) is 15.4 Å². The van der Waals surface area contributed by atoms with Gasteiger partial charge in [0.05, 0.1) is 15.9 Å². The van der Waals surface area contributed by atoms with Gasteiger partial charge in [-0.25, -0.2) is 0 Å². The van der Waals surface area contributed by atoms with E-state index in [0.717, 1.165) is 10.4 Å². The summed E-state index contributed by atoms with van der Waals surface area (Å²) in [5, 5.41) is 11.5. The van der Waals surface area contributed by atoms with Crippen molar-refractivity contribution in [1.29, 1.82) is 0 Å². The standard InChI is InChI=1S/C18H24O2Si/c1-18(2,3)21(20-15-14-19,16-10-6-4-7-11-16)17-12-8-5-9-13-17/h4-13,19H,14-15H2,1-3H3/i14T2. The van der Waals surface area contributed by atoms with Crippen molar-refractivity contribution in [2.24, 2.45) is 0 Å². The van der Waals surface area contributed by atoms with Crippen molar-refractivity contribution in [2.45, 2.75) is 25.8 Å². The maximum atomic E-state index is 9.57. The van der Waals surface area contributed by atoms with Crippen LogP contribution in [-0.4, -0.2) is 26.6 Å². The minimum atomic E-state index is -2.76. The normalized spacial score (nSPS) is 14.5. The molecule has 2 aromatic carbocycles. The van der Waals surface area contributed by atoms with Crippen LogP contribution < -0.4 is 10.4 Å². The molecule has 3 heteroatoms. The summed E-state index contributed by atoms with van der Waals surface area (Å²) < 4.78 is 21.2. The van der Waals surface area contributed by atoms with E-state index in [-0.39, 0.29) is 11.6 Å². The molecule has 0 bridgehead atoms. The van der Waals surface area contributed by atoms with Crippen LogP contribution in [0.5, 0.6) is 0 Å². The first-order valence-electron chi connectivity index (χ1n) is 8.14. The predicted octanol–water partition coefficient (Wildman–Crippen LogP) is 2.56. The van der Waals surface area contributed by atoms with Crippen molar-refractivity contribution in [3.63, 3.8) is 0 Å². The van der Waals surface area contributed by atoms with Gasteiger partial charge < -0.3 is 9.53 Å². The summed E-state index contributed by atoms with van der Waals surface area (Å²) in [7, 11) is -2.76. The lowest BCUT2D eigenvalue weighted by atomic mass is 10.2. The predicted molar refractivity (Wildman–Crippen MR) is 90.7 cm³/mol. The van der Waals surface area contributed by atoms with Gasteiger partial charge in [0, 0.05) is 0 Å². The zero-order valence-electron chi connectivity index (χ0n) is 14.8. The van der Waals surface area contributed by atoms with Crippen LogP contribution >= 0.6 is 0 Å². The third-order valence-corrected chi connectivity index (χ3v) is 8.75. The van der Waals surface area contributed by atoms with E-state index in [1.807, 2.05) is 60.7 Å². The van der Waals surface area contributed by atoms with Crippen molar-refractivity contribution in [2.75, 3.05) is 13.2 Å². The van der Waals surface area contributed by atoms with Crippen LogP contribution in [0, 0.1) is 0 Å². The summed E-state index contributed by atoms with van der Waals surface area (Å²) in [5.41, 5.74) is 0. The lowest BCUT2D eigenvalue weighted by molar-refractivity contribution is 0.193. The van der Waals surface area contributed by atoms with Gasteiger partial charge >= 0.3 is 0 Å². The molecule has 112 valence electrons. The van der Waals surface area contributed by atoms with Crippen molar-refractivity contribution in [3.05, 3.63) is 60.7 Å². The van der Waals surface area contributed by atoms with E-state index in [9.17, 15) is 5.11 Å². The maximum Gasteiger partial charge on any atom is 0.261 e. The molecule has 0 aliphatic heterocycles. The number of benzene rings is 2. The quantitative estimate of drug-likeness (QED) is 0.860. The van der Waals surface area contributed by atoms with Crippen LogP contribution in [0.1, 0.15) is 23.5 Å². The fraction of sp³-hybridized carbons (Fsp3) is 0.333. The number of rotatable bonds is 5. The van der Waals surface area contributed by atoms with Crippen molar-refractivity contribution in [3.8, 4) is 0 Å². The summed E-state index contributed by atoms with van der Waals surface area (Å²) in [6.07, 6.45) is 0. The molecule has 0 saturated heterocycles. The second-order valence-corrected chi connectivity index (χ2v) is 10.4. The number of aliphatic hydroxyl groups is 1. The molecule has 0 aliphatic rings. The first kappa shape index (κ1) is 13.3. The molecule has 2 rings (SSSR count). The molecule has 0 unspecified atom stereocenters.